The van der Waals surface area contributed by atoms with Gasteiger partial charge in [-0.25, -0.2) is 0 Å². The quantitative estimate of drug-likeness (QED) is 0.635. The highest BCUT2D eigenvalue weighted by atomic mass is 16.2. The zero-order chi connectivity index (χ0) is 14.3. The maximum absolute atomic E-state index is 11.8. The Hall–Kier alpha value is -0.610. The van der Waals surface area contributed by atoms with Gasteiger partial charge in [0.2, 0.25) is 5.91 Å². The average molecular weight is 269 g/mol. The van der Waals surface area contributed by atoms with Gasteiger partial charge in [0.1, 0.15) is 0 Å². The Morgan fingerprint density at radius 1 is 1.26 bits per heavy atom. The van der Waals surface area contributed by atoms with Crippen LogP contribution in [0.1, 0.15) is 53.4 Å². The monoisotopic (exact) mass is 269 g/mol. The molecule has 1 aliphatic rings. The lowest BCUT2D eigenvalue weighted by Gasteiger charge is -2.22. The fourth-order valence-electron chi connectivity index (χ4n) is 2.30. The van der Waals surface area contributed by atoms with Crippen molar-refractivity contribution in [2.45, 2.75) is 71.5 Å². The second-order valence-corrected chi connectivity index (χ2v) is 5.74. The van der Waals surface area contributed by atoms with Crippen LogP contribution in [0, 0.1) is 0 Å². The molecule has 2 N–H and O–H groups in total. The molecule has 0 bridgehead atoms. The van der Waals surface area contributed by atoms with Crippen LogP contribution in [0.15, 0.2) is 0 Å². The van der Waals surface area contributed by atoms with Crippen molar-refractivity contribution in [2.24, 2.45) is 0 Å². The molecule has 0 aromatic heterocycles. The molecule has 1 aliphatic carbocycles. The van der Waals surface area contributed by atoms with E-state index in [0.29, 0.717) is 12.1 Å². The third-order valence-corrected chi connectivity index (χ3v) is 3.86. The molecule has 0 radical (unpaired) electrons. The van der Waals surface area contributed by atoms with Gasteiger partial charge in [0.05, 0.1) is 6.04 Å². The SMILES string of the molecule is CCN(CC)CCCC(C)NC(C)C(=O)NC1CC1. The molecule has 0 saturated heterocycles. The predicted octanol–water partition coefficient (Wildman–Crippen LogP) is 1.75. The van der Waals surface area contributed by atoms with E-state index >= 15 is 0 Å². The van der Waals surface area contributed by atoms with E-state index in [2.05, 4.69) is 36.3 Å². The van der Waals surface area contributed by atoms with Crippen molar-refractivity contribution in [1.29, 1.82) is 0 Å². The van der Waals surface area contributed by atoms with Crippen LogP contribution in [0.2, 0.25) is 0 Å². The van der Waals surface area contributed by atoms with Crippen molar-refractivity contribution in [3.05, 3.63) is 0 Å². The molecule has 0 heterocycles. The Balaban J connectivity index is 2.11. The number of rotatable bonds is 10. The summed E-state index contributed by atoms with van der Waals surface area (Å²) in [5, 5.41) is 6.43. The van der Waals surface area contributed by atoms with Crippen molar-refractivity contribution in [3.8, 4) is 0 Å². The van der Waals surface area contributed by atoms with Crippen molar-refractivity contribution < 1.29 is 4.79 Å². The smallest absolute Gasteiger partial charge is 0.237 e. The lowest BCUT2D eigenvalue weighted by atomic mass is 10.1. The average Bonchev–Trinajstić information content (AvgIpc) is 3.18. The lowest BCUT2D eigenvalue weighted by molar-refractivity contribution is -0.123. The van der Waals surface area contributed by atoms with Crippen molar-refractivity contribution in [3.63, 3.8) is 0 Å². The topological polar surface area (TPSA) is 44.4 Å². The van der Waals surface area contributed by atoms with Crippen LogP contribution in [-0.4, -0.2) is 48.6 Å². The van der Waals surface area contributed by atoms with Gasteiger partial charge in [-0.3, -0.25) is 4.79 Å². The van der Waals surface area contributed by atoms with Gasteiger partial charge in [-0.05, 0) is 59.2 Å². The van der Waals surface area contributed by atoms with Gasteiger partial charge >= 0.3 is 0 Å². The molecule has 0 aromatic carbocycles. The van der Waals surface area contributed by atoms with Crippen LogP contribution >= 0.6 is 0 Å². The normalized spacial score (nSPS) is 18.4. The largest absolute Gasteiger partial charge is 0.352 e. The number of carbonyl (C=O) groups is 1. The Morgan fingerprint density at radius 3 is 2.42 bits per heavy atom. The Kier molecular flexibility index (Phi) is 7.39. The lowest BCUT2D eigenvalue weighted by Crippen LogP contribution is -2.46. The van der Waals surface area contributed by atoms with E-state index in [0.717, 1.165) is 38.9 Å². The van der Waals surface area contributed by atoms with Crippen LogP contribution in [0.3, 0.4) is 0 Å². The molecule has 4 heteroatoms. The molecule has 1 rings (SSSR count). The molecule has 0 aliphatic heterocycles. The number of hydrogen-bond donors (Lipinski definition) is 2. The van der Waals surface area contributed by atoms with Gasteiger partial charge in [0.15, 0.2) is 0 Å². The first-order valence-corrected chi connectivity index (χ1v) is 7.85. The summed E-state index contributed by atoms with van der Waals surface area (Å²) in [6.45, 7) is 11.9. The number of nitrogens with zero attached hydrogens (tertiary/aromatic N) is 1. The maximum Gasteiger partial charge on any atom is 0.237 e. The van der Waals surface area contributed by atoms with Crippen LogP contribution in [0.4, 0.5) is 0 Å². The summed E-state index contributed by atoms with van der Waals surface area (Å²) in [4.78, 5) is 14.3. The number of nitrogens with one attached hydrogen (secondary N) is 2. The zero-order valence-electron chi connectivity index (χ0n) is 13.0. The second-order valence-electron chi connectivity index (χ2n) is 5.74. The fraction of sp³-hybridized carbons (Fsp3) is 0.933. The van der Waals surface area contributed by atoms with Crippen molar-refractivity contribution in [1.82, 2.24) is 15.5 Å². The van der Waals surface area contributed by atoms with Crippen molar-refractivity contribution >= 4 is 5.91 Å². The summed E-state index contributed by atoms with van der Waals surface area (Å²) in [5.41, 5.74) is 0. The molecule has 1 fully saturated rings. The summed E-state index contributed by atoms with van der Waals surface area (Å²) in [6, 6.07) is 0.772. The first kappa shape index (κ1) is 16.4. The van der Waals surface area contributed by atoms with E-state index in [1.54, 1.807) is 0 Å². The molecule has 2 unspecified atom stereocenters. The minimum absolute atomic E-state index is 0.0796. The Labute approximate surface area is 118 Å². The highest BCUT2D eigenvalue weighted by Gasteiger charge is 2.25. The highest BCUT2D eigenvalue weighted by molar-refractivity contribution is 5.81. The number of amides is 1. The summed E-state index contributed by atoms with van der Waals surface area (Å²) in [5.74, 6) is 0.151. The maximum atomic E-state index is 11.8. The molecule has 112 valence electrons. The molecule has 4 nitrogen and oxygen atoms in total. The van der Waals surface area contributed by atoms with E-state index in [9.17, 15) is 4.79 Å². The summed E-state index contributed by atoms with van der Waals surface area (Å²) >= 11 is 0. The van der Waals surface area contributed by atoms with Gasteiger partial charge in [0.25, 0.3) is 0 Å². The van der Waals surface area contributed by atoms with E-state index in [1.165, 1.54) is 6.42 Å². The molecule has 19 heavy (non-hydrogen) atoms. The van der Waals surface area contributed by atoms with E-state index in [1.807, 2.05) is 6.92 Å². The zero-order valence-corrected chi connectivity index (χ0v) is 13.0. The van der Waals surface area contributed by atoms with Crippen LogP contribution in [0.25, 0.3) is 0 Å². The fourth-order valence-corrected chi connectivity index (χ4v) is 2.30. The Morgan fingerprint density at radius 2 is 1.89 bits per heavy atom. The third-order valence-electron chi connectivity index (χ3n) is 3.86. The first-order chi connectivity index (χ1) is 9.06. The summed E-state index contributed by atoms with van der Waals surface area (Å²) in [6.07, 6.45) is 4.61. The molecular formula is C15H31N3O. The van der Waals surface area contributed by atoms with Gasteiger partial charge < -0.3 is 15.5 Å². The van der Waals surface area contributed by atoms with Gasteiger partial charge in [-0.2, -0.15) is 0 Å². The van der Waals surface area contributed by atoms with Gasteiger partial charge in [-0.15, -0.1) is 0 Å². The van der Waals surface area contributed by atoms with Crippen LogP contribution in [-0.2, 0) is 4.79 Å². The van der Waals surface area contributed by atoms with Gasteiger partial charge in [0, 0.05) is 12.1 Å². The molecule has 1 amide bonds. The molecule has 0 aromatic rings. The minimum atomic E-state index is -0.0796. The standard InChI is InChI=1S/C15H31N3O/c1-5-18(6-2)11-7-8-12(3)16-13(4)15(19)17-14-9-10-14/h12-14,16H,5-11H2,1-4H3,(H,17,19). The summed E-state index contributed by atoms with van der Waals surface area (Å²) < 4.78 is 0. The highest BCUT2D eigenvalue weighted by Crippen LogP contribution is 2.18. The number of carbonyl (C=O) groups excluding carboxylic acids is 1. The summed E-state index contributed by atoms with van der Waals surface area (Å²) in [7, 11) is 0. The van der Waals surface area contributed by atoms with Gasteiger partial charge in [-0.1, -0.05) is 13.8 Å². The van der Waals surface area contributed by atoms with E-state index in [-0.39, 0.29) is 11.9 Å². The molecule has 0 spiro atoms. The number of hydrogen-bond acceptors (Lipinski definition) is 3. The Bertz CT molecular complexity index is 262. The first-order valence-electron chi connectivity index (χ1n) is 7.85. The predicted molar refractivity (Wildman–Crippen MR) is 80.2 cm³/mol. The van der Waals surface area contributed by atoms with Crippen LogP contribution < -0.4 is 10.6 Å². The van der Waals surface area contributed by atoms with Crippen LogP contribution in [0.5, 0.6) is 0 Å². The van der Waals surface area contributed by atoms with E-state index < -0.39 is 0 Å². The third kappa shape index (κ3) is 6.92. The second kappa shape index (κ2) is 8.54. The van der Waals surface area contributed by atoms with Crippen molar-refractivity contribution in [2.75, 3.05) is 19.6 Å². The molecular weight excluding hydrogens is 238 g/mol. The molecule has 2 atom stereocenters. The minimum Gasteiger partial charge on any atom is -0.352 e. The van der Waals surface area contributed by atoms with E-state index in [4.69, 9.17) is 0 Å². The molecule has 1 saturated carbocycles.